The average molecular weight is 275 g/mol. The molecule has 0 N–H and O–H groups in total. The lowest BCUT2D eigenvalue weighted by molar-refractivity contribution is -0.385. The number of pyridine rings is 1. The Labute approximate surface area is 116 Å². The fourth-order valence-corrected chi connectivity index (χ4v) is 1.88. The maximum Gasteiger partial charge on any atom is 0.287 e. The molecule has 2 aromatic rings. The van der Waals surface area contributed by atoms with Crippen LogP contribution in [0, 0.1) is 10.1 Å². The lowest BCUT2D eigenvalue weighted by Gasteiger charge is -1.98. The van der Waals surface area contributed by atoms with E-state index in [-0.39, 0.29) is 5.69 Å². The Kier molecular flexibility index (Phi) is 4.75. The van der Waals surface area contributed by atoms with Crippen LogP contribution in [0.15, 0.2) is 24.5 Å². The van der Waals surface area contributed by atoms with E-state index >= 15 is 0 Å². The first-order chi connectivity index (χ1) is 9.70. The van der Waals surface area contributed by atoms with E-state index in [1.165, 1.54) is 31.5 Å². The minimum atomic E-state index is -0.475. The summed E-state index contributed by atoms with van der Waals surface area (Å²) in [6.07, 6.45) is 8.67. The first kappa shape index (κ1) is 14.1. The second-order valence-electron chi connectivity index (χ2n) is 4.60. The van der Waals surface area contributed by atoms with Gasteiger partial charge < -0.3 is 0 Å². The van der Waals surface area contributed by atoms with Gasteiger partial charge in [0.2, 0.25) is 0 Å². The van der Waals surface area contributed by atoms with Gasteiger partial charge in [-0.05, 0) is 18.9 Å². The van der Waals surface area contributed by atoms with Crippen molar-refractivity contribution in [1.29, 1.82) is 0 Å². The number of nitrogens with zero attached hydrogens (tertiary/aromatic N) is 5. The van der Waals surface area contributed by atoms with E-state index in [0.29, 0.717) is 5.82 Å². The van der Waals surface area contributed by atoms with Gasteiger partial charge >= 0.3 is 0 Å². The standard InChI is InChI=1S/C13H17N5O2/c1-2-3-4-5-6-11-10-17(16-15-11)13-8-7-12(9-14-13)18(19)20/h7-10H,2-6H2,1H3. The SMILES string of the molecule is CCCCCCc1cn(-c2ccc([N+](=O)[O-])cn2)nn1. The van der Waals surface area contributed by atoms with E-state index < -0.39 is 4.92 Å². The summed E-state index contributed by atoms with van der Waals surface area (Å²) in [5.74, 6) is 0.530. The van der Waals surface area contributed by atoms with Gasteiger partial charge in [-0.15, -0.1) is 5.10 Å². The molecule has 7 heteroatoms. The van der Waals surface area contributed by atoms with Gasteiger partial charge in [-0.3, -0.25) is 10.1 Å². The van der Waals surface area contributed by atoms with Crippen LogP contribution < -0.4 is 0 Å². The van der Waals surface area contributed by atoms with Crippen LogP contribution in [0.2, 0.25) is 0 Å². The molecule has 2 aromatic heterocycles. The summed E-state index contributed by atoms with van der Waals surface area (Å²) in [5, 5.41) is 18.6. The molecule has 7 nitrogen and oxygen atoms in total. The van der Waals surface area contributed by atoms with Crippen molar-refractivity contribution in [2.24, 2.45) is 0 Å². The predicted octanol–water partition coefficient (Wildman–Crippen LogP) is 2.69. The molecule has 0 aliphatic rings. The lowest BCUT2D eigenvalue weighted by atomic mass is 10.1. The first-order valence-electron chi connectivity index (χ1n) is 6.72. The monoisotopic (exact) mass is 275 g/mol. The highest BCUT2D eigenvalue weighted by molar-refractivity contribution is 5.32. The Morgan fingerprint density at radius 2 is 2.15 bits per heavy atom. The number of aromatic nitrogens is 4. The number of rotatable bonds is 7. The molecule has 0 amide bonds. The molecule has 0 fully saturated rings. The number of unbranched alkanes of at least 4 members (excludes halogenated alkanes) is 3. The number of hydrogen-bond acceptors (Lipinski definition) is 5. The van der Waals surface area contributed by atoms with Crippen molar-refractivity contribution in [3.8, 4) is 5.82 Å². The summed E-state index contributed by atoms with van der Waals surface area (Å²) in [6, 6.07) is 2.97. The number of nitro groups is 1. The van der Waals surface area contributed by atoms with Crippen LogP contribution in [0.5, 0.6) is 0 Å². The third-order valence-corrected chi connectivity index (χ3v) is 3.01. The van der Waals surface area contributed by atoms with Crippen LogP contribution in [0.25, 0.3) is 5.82 Å². The maximum absolute atomic E-state index is 10.6. The quantitative estimate of drug-likeness (QED) is 0.440. The molecule has 20 heavy (non-hydrogen) atoms. The Morgan fingerprint density at radius 1 is 1.30 bits per heavy atom. The van der Waals surface area contributed by atoms with Gasteiger partial charge in [-0.2, -0.15) is 0 Å². The Morgan fingerprint density at radius 3 is 2.80 bits per heavy atom. The van der Waals surface area contributed by atoms with Crippen LogP contribution in [0.1, 0.15) is 38.3 Å². The molecule has 0 bridgehead atoms. The van der Waals surface area contributed by atoms with Crippen LogP contribution in [-0.4, -0.2) is 24.9 Å². The van der Waals surface area contributed by atoms with Crippen molar-refractivity contribution in [2.75, 3.05) is 0 Å². The minimum Gasteiger partial charge on any atom is -0.258 e. The average Bonchev–Trinajstić information content (AvgIpc) is 2.92. The predicted molar refractivity (Wildman–Crippen MR) is 73.7 cm³/mol. The summed E-state index contributed by atoms with van der Waals surface area (Å²) in [5.41, 5.74) is 0.884. The molecule has 0 saturated carbocycles. The molecular weight excluding hydrogens is 258 g/mol. The van der Waals surface area contributed by atoms with Crippen molar-refractivity contribution in [3.63, 3.8) is 0 Å². The fourth-order valence-electron chi connectivity index (χ4n) is 1.88. The van der Waals surface area contributed by atoms with E-state index in [1.54, 1.807) is 10.7 Å². The summed E-state index contributed by atoms with van der Waals surface area (Å²) < 4.78 is 1.54. The zero-order valence-corrected chi connectivity index (χ0v) is 11.4. The molecule has 2 heterocycles. The summed E-state index contributed by atoms with van der Waals surface area (Å²) in [6.45, 7) is 2.18. The molecule has 0 aromatic carbocycles. The van der Waals surface area contributed by atoms with Gasteiger partial charge in [-0.25, -0.2) is 9.67 Å². The molecule has 0 unspecified atom stereocenters. The summed E-state index contributed by atoms with van der Waals surface area (Å²) in [4.78, 5) is 14.1. The maximum atomic E-state index is 10.6. The van der Waals surface area contributed by atoms with Crippen molar-refractivity contribution < 1.29 is 4.92 Å². The van der Waals surface area contributed by atoms with Crippen molar-refractivity contribution in [1.82, 2.24) is 20.0 Å². The molecule has 0 saturated heterocycles. The van der Waals surface area contributed by atoms with E-state index in [9.17, 15) is 10.1 Å². The Hall–Kier alpha value is -2.31. The van der Waals surface area contributed by atoms with Gasteiger partial charge in [0.1, 0.15) is 6.20 Å². The van der Waals surface area contributed by atoms with E-state index in [1.807, 2.05) is 6.20 Å². The Bertz CT molecular complexity index is 564. The molecular formula is C13H17N5O2. The highest BCUT2D eigenvalue weighted by Gasteiger charge is 2.08. The highest BCUT2D eigenvalue weighted by atomic mass is 16.6. The largest absolute Gasteiger partial charge is 0.287 e. The molecule has 0 spiro atoms. The smallest absolute Gasteiger partial charge is 0.258 e. The van der Waals surface area contributed by atoms with Gasteiger partial charge in [-0.1, -0.05) is 31.4 Å². The molecule has 0 atom stereocenters. The van der Waals surface area contributed by atoms with E-state index in [0.717, 1.165) is 18.5 Å². The number of aryl methyl sites for hydroxylation is 1. The molecule has 106 valence electrons. The van der Waals surface area contributed by atoms with Gasteiger partial charge in [0.15, 0.2) is 5.82 Å². The van der Waals surface area contributed by atoms with E-state index in [4.69, 9.17) is 0 Å². The van der Waals surface area contributed by atoms with Crippen molar-refractivity contribution in [3.05, 3.63) is 40.3 Å². The highest BCUT2D eigenvalue weighted by Crippen LogP contribution is 2.12. The normalized spacial score (nSPS) is 10.7. The molecule has 0 aliphatic carbocycles. The zero-order valence-electron chi connectivity index (χ0n) is 11.4. The Balaban J connectivity index is 1.99. The molecule has 0 radical (unpaired) electrons. The van der Waals surface area contributed by atoms with Crippen molar-refractivity contribution >= 4 is 5.69 Å². The lowest BCUT2D eigenvalue weighted by Crippen LogP contribution is -1.99. The minimum absolute atomic E-state index is 0.0337. The topological polar surface area (TPSA) is 86.7 Å². The zero-order chi connectivity index (χ0) is 14.4. The molecule has 0 aliphatic heterocycles. The fraction of sp³-hybridized carbons (Fsp3) is 0.462. The van der Waals surface area contributed by atoms with Crippen LogP contribution in [-0.2, 0) is 6.42 Å². The van der Waals surface area contributed by atoms with Gasteiger partial charge in [0, 0.05) is 6.07 Å². The third kappa shape index (κ3) is 3.59. The first-order valence-corrected chi connectivity index (χ1v) is 6.72. The van der Waals surface area contributed by atoms with Crippen molar-refractivity contribution in [2.45, 2.75) is 39.0 Å². The third-order valence-electron chi connectivity index (χ3n) is 3.01. The van der Waals surface area contributed by atoms with Gasteiger partial charge in [0.25, 0.3) is 5.69 Å². The van der Waals surface area contributed by atoms with E-state index in [2.05, 4.69) is 22.2 Å². The van der Waals surface area contributed by atoms with Crippen LogP contribution >= 0.6 is 0 Å². The van der Waals surface area contributed by atoms with Crippen LogP contribution in [0.4, 0.5) is 5.69 Å². The number of hydrogen-bond donors (Lipinski definition) is 0. The van der Waals surface area contributed by atoms with Crippen LogP contribution in [0.3, 0.4) is 0 Å². The summed E-state index contributed by atoms with van der Waals surface area (Å²) in [7, 11) is 0. The second-order valence-corrected chi connectivity index (χ2v) is 4.60. The second kappa shape index (κ2) is 6.74. The summed E-state index contributed by atoms with van der Waals surface area (Å²) >= 11 is 0. The van der Waals surface area contributed by atoms with Gasteiger partial charge in [0.05, 0.1) is 16.8 Å². The molecule has 2 rings (SSSR count).